The van der Waals surface area contributed by atoms with Crippen molar-refractivity contribution in [1.82, 2.24) is 10.2 Å². The molecule has 23 heavy (non-hydrogen) atoms. The lowest BCUT2D eigenvalue weighted by Crippen LogP contribution is -2.53. The van der Waals surface area contributed by atoms with Crippen LogP contribution in [0.1, 0.15) is 31.2 Å². The Morgan fingerprint density at radius 1 is 1.17 bits per heavy atom. The first kappa shape index (κ1) is 16.0. The van der Waals surface area contributed by atoms with Gasteiger partial charge in [0.2, 0.25) is 5.91 Å². The molecule has 1 aromatic carbocycles. The van der Waals surface area contributed by atoms with Crippen molar-refractivity contribution in [3.63, 3.8) is 0 Å². The van der Waals surface area contributed by atoms with Crippen LogP contribution >= 0.6 is 0 Å². The highest BCUT2D eigenvalue weighted by Gasteiger charge is 2.50. The molecule has 5 nitrogen and oxygen atoms in total. The van der Waals surface area contributed by atoms with Crippen molar-refractivity contribution in [1.29, 1.82) is 0 Å². The lowest BCUT2D eigenvalue weighted by molar-refractivity contribution is -0.145. The fraction of sp³-hybridized carbons (Fsp3) is 0.556. The van der Waals surface area contributed by atoms with E-state index in [4.69, 9.17) is 4.74 Å². The summed E-state index contributed by atoms with van der Waals surface area (Å²) in [5, 5.41) is 3.36. The Bertz CT molecular complexity index is 569. The molecule has 2 atom stereocenters. The van der Waals surface area contributed by atoms with Crippen LogP contribution < -0.4 is 5.32 Å². The second-order valence-electron chi connectivity index (χ2n) is 6.43. The number of hydrogen-bond donors (Lipinski definition) is 1. The van der Waals surface area contributed by atoms with E-state index in [-0.39, 0.29) is 17.8 Å². The minimum absolute atomic E-state index is 0.0924. The summed E-state index contributed by atoms with van der Waals surface area (Å²) in [6.07, 6.45) is 3.74. The zero-order chi connectivity index (χ0) is 16.3. The largest absolute Gasteiger partial charge is 0.469 e. The van der Waals surface area contributed by atoms with Gasteiger partial charge >= 0.3 is 5.97 Å². The molecule has 3 rings (SSSR count). The minimum Gasteiger partial charge on any atom is -0.469 e. The van der Waals surface area contributed by atoms with Crippen LogP contribution in [0.25, 0.3) is 0 Å². The molecule has 0 unspecified atom stereocenters. The number of nitrogens with one attached hydrogen (secondary N) is 1. The van der Waals surface area contributed by atoms with Crippen molar-refractivity contribution in [2.24, 2.45) is 5.92 Å². The van der Waals surface area contributed by atoms with E-state index in [1.807, 2.05) is 35.2 Å². The topological polar surface area (TPSA) is 58.6 Å². The number of carbonyl (C=O) groups is 2. The van der Waals surface area contributed by atoms with E-state index in [2.05, 4.69) is 5.32 Å². The molecule has 5 heteroatoms. The van der Waals surface area contributed by atoms with Gasteiger partial charge in [-0.3, -0.25) is 14.9 Å². The zero-order valence-electron chi connectivity index (χ0n) is 13.6. The number of nitrogens with zero attached hydrogens (tertiary/aromatic N) is 1. The molecule has 2 aliphatic heterocycles. The minimum atomic E-state index is -0.808. The molecule has 0 spiro atoms. The van der Waals surface area contributed by atoms with Crippen LogP contribution in [-0.2, 0) is 19.9 Å². The number of ether oxygens (including phenoxy) is 1. The van der Waals surface area contributed by atoms with Gasteiger partial charge in [-0.15, -0.1) is 0 Å². The SMILES string of the molecule is COC(=O)[C@@H]1CN[C@](C(=O)N2CCCCC2)(c2ccccc2)C1. The third kappa shape index (κ3) is 2.98. The fourth-order valence-electron chi connectivity index (χ4n) is 3.74. The van der Waals surface area contributed by atoms with E-state index in [1.54, 1.807) is 0 Å². The van der Waals surface area contributed by atoms with Crippen LogP contribution in [0.2, 0.25) is 0 Å². The number of piperidine rings is 1. The number of hydrogen-bond acceptors (Lipinski definition) is 4. The van der Waals surface area contributed by atoms with Gasteiger partial charge in [0.1, 0.15) is 5.54 Å². The third-order valence-corrected chi connectivity index (χ3v) is 5.01. The Labute approximate surface area is 137 Å². The van der Waals surface area contributed by atoms with E-state index >= 15 is 0 Å². The zero-order valence-corrected chi connectivity index (χ0v) is 13.6. The Kier molecular flexibility index (Phi) is 4.66. The molecule has 1 N–H and O–H groups in total. The quantitative estimate of drug-likeness (QED) is 0.862. The standard InChI is InChI=1S/C18H24N2O3/c1-23-16(21)14-12-18(19-13-14,15-8-4-2-5-9-15)17(22)20-10-6-3-7-11-20/h2,4-5,8-9,14,19H,3,6-7,10-13H2,1H3/t14-,18-/m0/s1. The van der Waals surface area contributed by atoms with Crippen LogP contribution in [-0.4, -0.2) is 43.5 Å². The van der Waals surface area contributed by atoms with Gasteiger partial charge in [0.05, 0.1) is 13.0 Å². The monoisotopic (exact) mass is 316 g/mol. The summed E-state index contributed by atoms with van der Waals surface area (Å²) in [6, 6.07) is 9.75. The summed E-state index contributed by atoms with van der Waals surface area (Å²) in [6.45, 7) is 2.08. The van der Waals surface area contributed by atoms with Gasteiger partial charge in [-0.05, 0) is 31.2 Å². The average Bonchev–Trinajstić information content (AvgIpc) is 3.08. The van der Waals surface area contributed by atoms with Gasteiger partial charge in [0.25, 0.3) is 0 Å². The normalized spacial score (nSPS) is 27.7. The first-order chi connectivity index (χ1) is 11.2. The molecular weight excluding hydrogens is 292 g/mol. The molecule has 1 aromatic rings. The molecule has 0 saturated carbocycles. The number of amides is 1. The molecule has 0 radical (unpaired) electrons. The molecule has 0 aromatic heterocycles. The number of rotatable bonds is 3. The Morgan fingerprint density at radius 3 is 2.52 bits per heavy atom. The van der Waals surface area contributed by atoms with Gasteiger partial charge in [-0.25, -0.2) is 0 Å². The first-order valence-electron chi connectivity index (χ1n) is 8.35. The van der Waals surface area contributed by atoms with Crippen molar-refractivity contribution in [2.45, 2.75) is 31.2 Å². The lowest BCUT2D eigenvalue weighted by atomic mass is 9.83. The summed E-state index contributed by atoms with van der Waals surface area (Å²) >= 11 is 0. The third-order valence-electron chi connectivity index (χ3n) is 5.01. The van der Waals surface area contributed by atoms with Gasteiger partial charge < -0.3 is 9.64 Å². The van der Waals surface area contributed by atoms with Crippen LogP contribution in [0.3, 0.4) is 0 Å². The molecule has 0 bridgehead atoms. The molecule has 124 valence electrons. The van der Waals surface area contributed by atoms with Crippen LogP contribution in [0, 0.1) is 5.92 Å². The van der Waals surface area contributed by atoms with Gasteiger partial charge in [0.15, 0.2) is 0 Å². The molecular formula is C18H24N2O3. The maximum atomic E-state index is 13.3. The number of likely N-dealkylation sites (tertiary alicyclic amines) is 1. The first-order valence-corrected chi connectivity index (χ1v) is 8.35. The Balaban J connectivity index is 1.91. The van der Waals surface area contributed by atoms with Crippen molar-refractivity contribution in [3.8, 4) is 0 Å². The van der Waals surface area contributed by atoms with Crippen molar-refractivity contribution in [2.75, 3.05) is 26.7 Å². The van der Waals surface area contributed by atoms with Crippen molar-refractivity contribution >= 4 is 11.9 Å². The smallest absolute Gasteiger partial charge is 0.310 e. The predicted molar refractivity (Wildman–Crippen MR) is 86.7 cm³/mol. The van der Waals surface area contributed by atoms with E-state index in [1.165, 1.54) is 13.5 Å². The molecule has 1 amide bonds. The average molecular weight is 316 g/mol. The highest BCUT2D eigenvalue weighted by molar-refractivity contribution is 5.89. The molecule has 2 saturated heterocycles. The van der Waals surface area contributed by atoms with E-state index in [0.29, 0.717) is 13.0 Å². The molecule has 0 aliphatic carbocycles. The summed E-state index contributed by atoms with van der Waals surface area (Å²) in [4.78, 5) is 27.2. The van der Waals surface area contributed by atoms with E-state index in [0.717, 1.165) is 31.5 Å². The lowest BCUT2D eigenvalue weighted by Gasteiger charge is -2.37. The highest BCUT2D eigenvalue weighted by Crippen LogP contribution is 2.37. The van der Waals surface area contributed by atoms with Gasteiger partial charge in [0, 0.05) is 19.6 Å². The number of benzene rings is 1. The number of esters is 1. The molecule has 2 heterocycles. The maximum absolute atomic E-state index is 13.3. The number of methoxy groups -OCH3 is 1. The van der Waals surface area contributed by atoms with Crippen LogP contribution in [0.15, 0.2) is 30.3 Å². The second kappa shape index (κ2) is 6.71. The van der Waals surface area contributed by atoms with Crippen molar-refractivity contribution in [3.05, 3.63) is 35.9 Å². The summed E-state index contributed by atoms with van der Waals surface area (Å²) in [5.41, 5.74) is 0.124. The van der Waals surface area contributed by atoms with Crippen LogP contribution in [0.4, 0.5) is 0 Å². The second-order valence-corrected chi connectivity index (χ2v) is 6.43. The van der Waals surface area contributed by atoms with E-state index in [9.17, 15) is 9.59 Å². The molecule has 2 fully saturated rings. The Morgan fingerprint density at radius 2 is 1.87 bits per heavy atom. The Hall–Kier alpha value is -1.88. The summed E-state index contributed by atoms with van der Waals surface area (Å²) in [5.74, 6) is -0.439. The fourth-order valence-corrected chi connectivity index (χ4v) is 3.74. The summed E-state index contributed by atoms with van der Waals surface area (Å²) in [7, 11) is 1.40. The van der Waals surface area contributed by atoms with Gasteiger partial charge in [-0.2, -0.15) is 0 Å². The van der Waals surface area contributed by atoms with Gasteiger partial charge in [-0.1, -0.05) is 30.3 Å². The highest BCUT2D eigenvalue weighted by atomic mass is 16.5. The van der Waals surface area contributed by atoms with E-state index < -0.39 is 5.54 Å². The summed E-state index contributed by atoms with van der Waals surface area (Å²) < 4.78 is 4.88. The van der Waals surface area contributed by atoms with Crippen LogP contribution in [0.5, 0.6) is 0 Å². The van der Waals surface area contributed by atoms with Crippen molar-refractivity contribution < 1.29 is 14.3 Å². The predicted octanol–water partition coefficient (Wildman–Crippen LogP) is 1.68. The maximum Gasteiger partial charge on any atom is 0.310 e. The molecule has 2 aliphatic rings. The number of carbonyl (C=O) groups excluding carboxylic acids is 2.